The summed E-state index contributed by atoms with van der Waals surface area (Å²) in [7, 11) is 2.08. The number of fused-ring (bicyclic) bond motifs is 1. The maximum absolute atomic E-state index is 9.43. The van der Waals surface area contributed by atoms with Crippen LogP contribution in [0.15, 0.2) is 48.5 Å². The van der Waals surface area contributed by atoms with Gasteiger partial charge in [-0.2, -0.15) is 0 Å². The number of nitrogens with zero attached hydrogens (tertiary/aromatic N) is 1. The predicted octanol–water partition coefficient (Wildman–Crippen LogP) is 3.01. The minimum Gasteiger partial charge on any atom is -0.486 e. The van der Waals surface area contributed by atoms with Crippen LogP contribution in [0.2, 0.25) is 0 Å². The first-order valence-corrected chi connectivity index (χ1v) is 8.03. The van der Waals surface area contributed by atoms with Crippen molar-refractivity contribution < 1.29 is 14.6 Å². The Morgan fingerprint density at radius 2 is 1.83 bits per heavy atom. The highest BCUT2D eigenvalue weighted by molar-refractivity contribution is 5.47. The second-order valence-corrected chi connectivity index (χ2v) is 5.80. The lowest BCUT2D eigenvalue weighted by Gasteiger charge is -2.29. The second kappa shape index (κ2) is 7.49. The minimum absolute atomic E-state index is 0.163. The number of ether oxygens (including phenoxy) is 2. The van der Waals surface area contributed by atoms with Gasteiger partial charge in [0.2, 0.25) is 0 Å². The van der Waals surface area contributed by atoms with Gasteiger partial charge in [-0.15, -0.1) is 0 Å². The van der Waals surface area contributed by atoms with E-state index in [9.17, 15) is 5.11 Å². The molecule has 0 bridgehead atoms. The Morgan fingerprint density at radius 1 is 1.04 bits per heavy atom. The number of aliphatic hydroxyl groups is 1. The maximum atomic E-state index is 9.43. The first-order valence-electron chi connectivity index (χ1n) is 8.03. The van der Waals surface area contributed by atoms with E-state index in [1.165, 1.54) is 5.56 Å². The van der Waals surface area contributed by atoms with Crippen molar-refractivity contribution in [3.8, 4) is 11.5 Å². The van der Waals surface area contributed by atoms with Crippen molar-refractivity contribution in [1.29, 1.82) is 0 Å². The highest BCUT2D eigenvalue weighted by Crippen LogP contribution is 2.35. The molecule has 2 aromatic rings. The Hall–Kier alpha value is -2.04. The van der Waals surface area contributed by atoms with Crippen molar-refractivity contribution in [2.24, 2.45) is 0 Å². The molecule has 2 aromatic carbocycles. The van der Waals surface area contributed by atoms with E-state index in [0.717, 1.165) is 23.6 Å². The molecule has 0 saturated carbocycles. The molecule has 4 nitrogen and oxygen atoms in total. The van der Waals surface area contributed by atoms with Crippen LogP contribution in [0.5, 0.6) is 11.5 Å². The van der Waals surface area contributed by atoms with Gasteiger partial charge in [-0.05, 0) is 25.1 Å². The zero-order valence-electron chi connectivity index (χ0n) is 13.4. The molecule has 1 N–H and O–H groups in total. The standard InChI is InChI=1S/C19H23NO3/c1-20(17(10-11-21)15-6-3-2-4-7-15)14-16-8-5-9-18-19(16)23-13-12-22-18/h2-9,17,21H,10-14H2,1H3. The van der Waals surface area contributed by atoms with Crippen LogP contribution in [0.4, 0.5) is 0 Å². The number of hydrogen-bond acceptors (Lipinski definition) is 4. The van der Waals surface area contributed by atoms with Gasteiger partial charge in [0.25, 0.3) is 0 Å². The average Bonchev–Trinajstić information content (AvgIpc) is 2.60. The Balaban J connectivity index is 1.81. The average molecular weight is 313 g/mol. The van der Waals surface area contributed by atoms with Crippen LogP contribution in [0.25, 0.3) is 0 Å². The molecule has 0 aromatic heterocycles. The smallest absolute Gasteiger partial charge is 0.165 e. The van der Waals surface area contributed by atoms with Gasteiger partial charge in [0.05, 0.1) is 0 Å². The van der Waals surface area contributed by atoms with Crippen molar-refractivity contribution in [3.05, 3.63) is 59.7 Å². The molecule has 0 amide bonds. The monoisotopic (exact) mass is 313 g/mol. The predicted molar refractivity (Wildman–Crippen MR) is 89.8 cm³/mol. The summed E-state index contributed by atoms with van der Waals surface area (Å²) in [6.07, 6.45) is 0.701. The van der Waals surface area contributed by atoms with E-state index in [1.54, 1.807) is 0 Å². The van der Waals surface area contributed by atoms with Gasteiger partial charge in [-0.3, -0.25) is 4.90 Å². The molecule has 1 heterocycles. The molecule has 1 unspecified atom stereocenters. The third kappa shape index (κ3) is 3.66. The number of para-hydroxylation sites is 1. The Labute approximate surface area is 137 Å². The summed E-state index contributed by atoms with van der Waals surface area (Å²) in [4.78, 5) is 2.25. The highest BCUT2D eigenvalue weighted by atomic mass is 16.6. The van der Waals surface area contributed by atoms with Crippen LogP contribution < -0.4 is 9.47 Å². The lowest BCUT2D eigenvalue weighted by atomic mass is 10.0. The van der Waals surface area contributed by atoms with Gasteiger partial charge in [0.15, 0.2) is 11.5 Å². The van der Waals surface area contributed by atoms with E-state index in [1.807, 2.05) is 30.3 Å². The zero-order chi connectivity index (χ0) is 16.1. The molecule has 1 aliphatic rings. The summed E-state index contributed by atoms with van der Waals surface area (Å²) < 4.78 is 11.5. The molecule has 23 heavy (non-hydrogen) atoms. The van der Waals surface area contributed by atoms with Gasteiger partial charge in [-0.25, -0.2) is 0 Å². The van der Waals surface area contributed by atoms with E-state index in [-0.39, 0.29) is 12.6 Å². The molecule has 0 fully saturated rings. The van der Waals surface area contributed by atoms with Gasteiger partial charge in [0.1, 0.15) is 13.2 Å². The molecule has 4 heteroatoms. The molecule has 1 atom stereocenters. The third-order valence-electron chi connectivity index (χ3n) is 4.19. The normalized spacial score (nSPS) is 14.7. The lowest BCUT2D eigenvalue weighted by molar-refractivity contribution is 0.158. The van der Waals surface area contributed by atoms with Gasteiger partial charge in [-0.1, -0.05) is 42.5 Å². The van der Waals surface area contributed by atoms with E-state index < -0.39 is 0 Å². The first-order chi connectivity index (χ1) is 11.3. The van der Waals surface area contributed by atoms with Crippen LogP contribution in [-0.4, -0.2) is 36.9 Å². The third-order valence-corrected chi connectivity index (χ3v) is 4.19. The molecule has 3 rings (SSSR count). The molecular weight excluding hydrogens is 290 g/mol. The van der Waals surface area contributed by atoms with Crippen molar-refractivity contribution >= 4 is 0 Å². The van der Waals surface area contributed by atoms with E-state index >= 15 is 0 Å². The van der Waals surface area contributed by atoms with Crippen LogP contribution in [0.1, 0.15) is 23.6 Å². The fourth-order valence-electron chi connectivity index (χ4n) is 3.08. The quantitative estimate of drug-likeness (QED) is 0.890. The van der Waals surface area contributed by atoms with Crippen molar-refractivity contribution in [2.75, 3.05) is 26.9 Å². The first kappa shape index (κ1) is 15.8. The fourth-order valence-corrected chi connectivity index (χ4v) is 3.08. The lowest BCUT2D eigenvalue weighted by Crippen LogP contribution is -2.26. The van der Waals surface area contributed by atoms with Crippen LogP contribution in [0.3, 0.4) is 0 Å². The summed E-state index contributed by atoms with van der Waals surface area (Å²) in [5.41, 5.74) is 2.33. The van der Waals surface area contributed by atoms with Crippen LogP contribution in [0, 0.1) is 0 Å². The summed E-state index contributed by atoms with van der Waals surface area (Å²) in [6.45, 7) is 2.10. The second-order valence-electron chi connectivity index (χ2n) is 5.80. The molecule has 0 aliphatic carbocycles. The number of hydrogen-bond donors (Lipinski definition) is 1. The zero-order valence-corrected chi connectivity index (χ0v) is 13.4. The van der Waals surface area contributed by atoms with E-state index in [2.05, 4.69) is 30.1 Å². The number of aliphatic hydroxyl groups excluding tert-OH is 1. The Bertz CT molecular complexity index is 630. The number of benzene rings is 2. The van der Waals surface area contributed by atoms with Crippen LogP contribution >= 0.6 is 0 Å². The molecule has 0 radical (unpaired) electrons. The topological polar surface area (TPSA) is 41.9 Å². The Kier molecular flexibility index (Phi) is 5.16. The largest absolute Gasteiger partial charge is 0.486 e. The maximum Gasteiger partial charge on any atom is 0.165 e. The van der Waals surface area contributed by atoms with E-state index in [0.29, 0.717) is 19.6 Å². The van der Waals surface area contributed by atoms with Crippen molar-refractivity contribution in [3.63, 3.8) is 0 Å². The summed E-state index contributed by atoms with van der Waals surface area (Å²) >= 11 is 0. The van der Waals surface area contributed by atoms with Gasteiger partial charge < -0.3 is 14.6 Å². The molecule has 0 saturated heterocycles. The molecule has 0 spiro atoms. The summed E-state index contributed by atoms with van der Waals surface area (Å²) in [5, 5.41) is 9.43. The summed E-state index contributed by atoms with van der Waals surface area (Å²) in [6, 6.07) is 16.5. The minimum atomic E-state index is 0.163. The Morgan fingerprint density at radius 3 is 2.61 bits per heavy atom. The van der Waals surface area contributed by atoms with Crippen molar-refractivity contribution in [2.45, 2.75) is 19.0 Å². The molecular formula is C19H23NO3. The van der Waals surface area contributed by atoms with Gasteiger partial charge >= 0.3 is 0 Å². The van der Waals surface area contributed by atoms with E-state index in [4.69, 9.17) is 9.47 Å². The van der Waals surface area contributed by atoms with Gasteiger partial charge in [0, 0.05) is 24.8 Å². The van der Waals surface area contributed by atoms with Crippen molar-refractivity contribution in [1.82, 2.24) is 4.90 Å². The number of rotatable bonds is 6. The van der Waals surface area contributed by atoms with Crippen LogP contribution in [-0.2, 0) is 6.54 Å². The molecule has 122 valence electrons. The highest BCUT2D eigenvalue weighted by Gasteiger charge is 2.21. The summed E-state index contributed by atoms with van der Waals surface area (Å²) in [5.74, 6) is 1.67. The SMILES string of the molecule is CN(Cc1cccc2c1OCCO2)C(CCO)c1ccccc1. The fraction of sp³-hybridized carbons (Fsp3) is 0.368. The molecule has 1 aliphatic heterocycles.